The fraction of sp³-hybridized carbons (Fsp3) is 0.615. The number of rotatable bonds is 5. The fourth-order valence-electron chi connectivity index (χ4n) is 2.18. The second-order valence-corrected chi connectivity index (χ2v) is 7.15. The van der Waals surface area contributed by atoms with Crippen molar-refractivity contribution in [3.8, 4) is 5.88 Å². The van der Waals surface area contributed by atoms with E-state index >= 15 is 0 Å². The van der Waals surface area contributed by atoms with Gasteiger partial charge in [-0.05, 0) is 24.9 Å². The molecule has 0 amide bonds. The molecule has 1 aromatic heterocycles. The van der Waals surface area contributed by atoms with Crippen LogP contribution in [0, 0.1) is 5.92 Å². The first-order chi connectivity index (χ1) is 10.7. The number of nitrogens with zero attached hydrogens (tertiary/aromatic N) is 1. The highest BCUT2D eigenvalue weighted by atomic mass is 35.5. The number of ether oxygens (including phenoxy) is 1. The molecule has 2 heterocycles. The monoisotopic (exact) mass is 389 g/mol. The Bertz CT molecular complexity index is 626. The Kier molecular flexibility index (Phi) is 7.26. The molecule has 0 aromatic carbocycles. The van der Waals surface area contributed by atoms with Gasteiger partial charge in [-0.3, -0.25) is 0 Å². The van der Waals surface area contributed by atoms with E-state index in [4.69, 9.17) is 0 Å². The molecule has 2 N–H and O–H groups in total. The molecule has 0 saturated carbocycles. The van der Waals surface area contributed by atoms with Gasteiger partial charge in [0.05, 0.1) is 6.20 Å². The van der Waals surface area contributed by atoms with Gasteiger partial charge in [0.1, 0.15) is 4.90 Å². The van der Waals surface area contributed by atoms with Gasteiger partial charge in [0, 0.05) is 18.7 Å². The lowest BCUT2D eigenvalue weighted by Gasteiger charge is -2.29. The van der Waals surface area contributed by atoms with Crippen LogP contribution in [0.15, 0.2) is 23.2 Å². The second kappa shape index (κ2) is 8.32. The summed E-state index contributed by atoms with van der Waals surface area (Å²) in [5, 5.41) is 3.11. The largest absolute Gasteiger partial charge is 0.468 e. The molecule has 0 radical (unpaired) electrons. The number of pyridine rings is 1. The summed E-state index contributed by atoms with van der Waals surface area (Å²) in [4.78, 5) is 3.49. The maximum Gasteiger partial charge on any atom is 0.422 e. The Labute approximate surface area is 144 Å². The van der Waals surface area contributed by atoms with Gasteiger partial charge in [-0.2, -0.15) is 13.2 Å². The van der Waals surface area contributed by atoms with E-state index in [1.807, 2.05) is 6.92 Å². The minimum atomic E-state index is -4.47. The standard InChI is InChI=1S/C13H18F3N3O3S.ClH/c1-9-4-5-17-7-11(9)19-23(20,21)10-2-3-12(18-6-10)22-8-13(14,15)16;/h2-3,6,9,11,17,19H,4-5,7-8H2,1H3;1H. The van der Waals surface area contributed by atoms with Crippen LogP contribution in [0.2, 0.25) is 0 Å². The highest BCUT2D eigenvalue weighted by molar-refractivity contribution is 7.89. The Morgan fingerprint density at radius 3 is 2.67 bits per heavy atom. The summed E-state index contributed by atoms with van der Waals surface area (Å²) in [6, 6.07) is 2.03. The minimum absolute atomic E-state index is 0. The molecule has 0 bridgehead atoms. The van der Waals surface area contributed by atoms with E-state index < -0.39 is 22.8 Å². The molecule has 138 valence electrons. The first-order valence-corrected chi connectivity index (χ1v) is 8.54. The van der Waals surface area contributed by atoms with Gasteiger partial charge >= 0.3 is 6.18 Å². The Balaban J connectivity index is 0.00000288. The molecule has 24 heavy (non-hydrogen) atoms. The molecule has 11 heteroatoms. The zero-order valence-corrected chi connectivity index (χ0v) is 14.5. The van der Waals surface area contributed by atoms with Crippen LogP contribution in [0.4, 0.5) is 13.2 Å². The van der Waals surface area contributed by atoms with E-state index in [-0.39, 0.29) is 35.1 Å². The quantitative estimate of drug-likeness (QED) is 0.801. The summed E-state index contributed by atoms with van der Waals surface area (Å²) in [6.45, 7) is 1.85. The van der Waals surface area contributed by atoms with Crippen molar-refractivity contribution in [1.29, 1.82) is 0 Å². The molecule has 2 atom stereocenters. The number of halogens is 4. The summed E-state index contributed by atoms with van der Waals surface area (Å²) >= 11 is 0. The average molecular weight is 390 g/mol. The smallest absolute Gasteiger partial charge is 0.422 e. The Morgan fingerprint density at radius 1 is 1.42 bits per heavy atom. The summed E-state index contributed by atoms with van der Waals surface area (Å²) in [6.07, 6.45) is -2.64. The third-order valence-electron chi connectivity index (χ3n) is 3.54. The maximum absolute atomic E-state index is 12.3. The molecule has 1 aliphatic rings. The van der Waals surface area contributed by atoms with Gasteiger partial charge < -0.3 is 10.1 Å². The van der Waals surface area contributed by atoms with Crippen molar-refractivity contribution >= 4 is 22.4 Å². The van der Waals surface area contributed by atoms with Crippen molar-refractivity contribution < 1.29 is 26.3 Å². The summed E-state index contributed by atoms with van der Waals surface area (Å²) in [5.41, 5.74) is 0. The molecule has 1 saturated heterocycles. The number of piperidine rings is 1. The second-order valence-electron chi connectivity index (χ2n) is 5.43. The van der Waals surface area contributed by atoms with E-state index in [0.717, 1.165) is 25.2 Å². The van der Waals surface area contributed by atoms with Crippen molar-refractivity contribution in [1.82, 2.24) is 15.0 Å². The average Bonchev–Trinajstić information content (AvgIpc) is 2.47. The van der Waals surface area contributed by atoms with Crippen molar-refractivity contribution in [2.45, 2.75) is 30.5 Å². The normalized spacial score (nSPS) is 21.8. The van der Waals surface area contributed by atoms with Gasteiger partial charge in [0.25, 0.3) is 0 Å². The third kappa shape index (κ3) is 6.08. The summed E-state index contributed by atoms with van der Waals surface area (Å²) in [7, 11) is -3.78. The van der Waals surface area contributed by atoms with Crippen molar-refractivity contribution in [2.75, 3.05) is 19.7 Å². The lowest BCUT2D eigenvalue weighted by atomic mass is 9.96. The third-order valence-corrected chi connectivity index (χ3v) is 5.01. The molecule has 2 rings (SSSR count). The number of sulfonamides is 1. The van der Waals surface area contributed by atoms with Crippen molar-refractivity contribution in [3.63, 3.8) is 0 Å². The van der Waals surface area contributed by atoms with Crippen molar-refractivity contribution in [3.05, 3.63) is 18.3 Å². The predicted octanol–water partition coefficient (Wildman–Crippen LogP) is 1.72. The van der Waals surface area contributed by atoms with Gasteiger partial charge in [0.15, 0.2) is 6.61 Å². The van der Waals surface area contributed by atoms with Gasteiger partial charge in [-0.15, -0.1) is 12.4 Å². The fourth-order valence-corrected chi connectivity index (χ4v) is 3.47. The van der Waals surface area contributed by atoms with E-state index in [9.17, 15) is 21.6 Å². The molecule has 6 nitrogen and oxygen atoms in total. The first-order valence-electron chi connectivity index (χ1n) is 7.06. The van der Waals surface area contributed by atoms with Crippen LogP contribution < -0.4 is 14.8 Å². The number of hydrogen-bond acceptors (Lipinski definition) is 5. The van der Waals surface area contributed by atoms with Gasteiger partial charge in [0.2, 0.25) is 15.9 Å². The molecule has 1 aromatic rings. The number of nitrogens with one attached hydrogen (secondary N) is 2. The number of hydrogen-bond donors (Lipinski definition) is 2. The number of alkyl halides is 3. The van der Waals surface area contributed by atoms with E-state index in [0.29, 0.717) is 6.54 Å². The van der Waals surface area contributed by atoms with Crippen molar-refractivity contribution in [2.24, 2.45) is 5.92 Å². The summed E-state index contributed by atoms with van der Waals surface area (Å²) in [5.74, 6) is -0.0950. The van der Waals surface area contributed by atoms with Gasteiger partial charge in [-0.25, -0.2) is 18.1 Å². The van der Waals surface area contributed by atoms with E-state index in [1.54, 1.807) is 0 Å². The van der Waals surface area contributed by atoms with Crippen LogP contribution in [0.3, 0.4) is 0 Å². The highest BCUT2D eigenvalue weighted by Crippen LogP contribution is 2.19. The topological polar surface area (TPSA) is 80.3 Å². The predicted molar refractivity (Wildman–Crippen MR) is 83.8 cm³/mol. The maximum atomic E-state index is 12.3. The van der Waals surface area contributed by atoms with E-state index in [2.05, 4.69) is 19.8 Å². The zero-order valence-electron chi connectivity index (χ0n) is 12.8. The minimum Gasteiger partial charge on any atom is -0.468 e. The Hall–Kier alpha value is -1.10. The zero-order chi connectivity index (χ0) is 17.1. The molecule has 1 fully saturated rings. The van der Waals surface area contributed by atoms with Crippen LogP contribution in [0.1, 0.15) is 13.3 Å². The van der Waals surface area contributed by atoms with Crippen LogP contribution in [0.25, 0.3) is 0 Å². The lowest BCUT2D eigenvalue weighted by molar-refractivity contribution is -0.154. The molecular formula is C13H19ClF3N3O3S. The molecule has 2 unspecified atom stereocenters. The molecular weight excluding hydrogens is 371 g/mol. The van der Waals surface area contributed by atoms with Crippen LogP contribution >= 0.6 is 12.4 Å². The van der Waals surface area contributed by atoms with Gasteiger partial charge in [-0.1, -0.05) is 6.92 Å². The van der Waals surface area contributed by atoms with Crippen LogP contribution in [0.5, 0.6) is 5.88 Å². The molecule has 0 spiro atoms. The first kappa shape index (κ1) is 20.9. The molecule has 1 aliphatic heterocycles. The highest BCUT2D eigenvalue weighted by Gasteiger charge is 2.29. The SMILES string of the molecule is CC1CCNCC1NS(=O)(=O)c1ccc(OCC(F)(F)F)nc1.Cl. The van der Waals surface area contributed by atoms with E-state index in [1.165, 1.54) is 6.07 Å². The Morgan fingerprint density at radius 2 is 2.12 bits per heavy atom. The summed E-state index contributed by atoms with van der Waals surface area (Å²) < 4.78 is 67.7. The molecule has 0 aliphatic carbocycles. The number of aromatic nitrogens is 1. The lowest BCUT2D eigenvalue weighted by Crippen LogP contribution is -2.50. The van der Waals surface area contributed by atoms with Crippen LogP contribution in [-0.4, -0.2) is 45.3 Å². The van der Waals surface area contributed by atoms with Crippen LogP contribution in [-0.2, 0) is 10.0 Å².